The van der Waals surface area contributed by atoms with Crippen LogP contribution in [0.4, 0.5) is 4.39 Å². The van der Waals surface area contributed by atoms with E-state index >= 15 is 0 Å². The number of hydrogen-bond acceptors (Lipinski definition) is 4. The van der Waals surface area contributed by atoms with Crippen LogP contribution in [-0.2, 0) is 16.1 Å². The van der Waals surface area contributed by atoms with Crippen LogP contribution in [0, 0.1) is 5.82 Å². The molecule has 21 heavy (non-hydrogen) atoms. The number of amides is 1. The number of nitrogens with one attached hydrogen (secondary N) is 1. The van der Waals surface area contributed by atoms with Gasteiger partial charge in [0.2, 0.25) is 0 Å². The summed E-state index contributed by atoms with van der Waals surface area (Å²) in [5, 5.41) is 4.25. The Morgan fingerprint density at radius 3 is 2.81 bits per heavy atom. The van der Waals surface area contributed by atoms with Gasteiger partial charge < -0.3 is 10.1 Å². The SMILES string of the molecule is O=C(CNC(=O)c1cccs1)OCc1ccc(F)cc1Br. The normalized spacial score (nSPS) is 10.2. The van der Waals surface area contributed by atoms with E-state index in [4.69, 9.17) is 4.74 Å². The van der Waals surface area contributed by atoms with E-state index in [1.54, 1.807) is 17.5 Å². The van der Waals surface area contributed by atoms with E-state index in [9.17, 15) is 14.0 Å². The first-order valence-electron chi connectivity index (χ1n) is 5.97. The standard InChI is InChI=1S/C14H11BrFNO3S/c15-11-6-10(16)4-3-9(11)8-20-13(18)7-17-14(19)12-2-1-5-21-12/h1-6H,7-8H2,(H,17,19). The lowest BCUT2D eigenvalue weighted by Crippen LogP contribution is -2.30. The van der Waals surface area contributed by atoms with Gasteiger partial charge in [-0.15, -0.1) is 11.3 Å². The van der Waals surface area contributed by atoms with Crippen LogP contribution in [0.2, 0.25) is 0 Å². The van der Waals surface area contributed by atoms with Crippen molar-refractivity contribution >= 4 is 39.1 Å². The second-order valence-electron chi connectivity index (χ2n) is 4.06. The summed E-state index contributed by atoms with van der Waals surface area (Å²) in [7, 11) is 0. The molecule has 0 fully saturated rings. The van der Waals surface area contributed by atoms with Gasteiger partial charge in [-0.2, -0.15) is 0 Å². The summed E-state index contributed by atoms with van der Waals surface area (Å²) in [4.78, 5) is 23.7. The fourth-order valence-electron chi connectivity index (χ4n) is 1.50. The van der Waals surface area contributed by atoms with Gasteiger partial charge in [0.25, 0.3) is 5.91 Å². The van der Waals surface area contributed by atoms with Crippen molar-refractivity contribution in [3.8, 4) is 0 Å². The summed E-state index contributed by atoms with van der Waals surface area (Å²) >= 11 is 4.48. The highest BCUT2D eigenvalue weighted by Gasteiger charge is 2.10. The van der Waals surface area contributed by atoms with Gasteiger partial charge in [0, 0.05) is 10.0 Å². The molecule has 0 atom stereocenters. The molecule has 110 valence electrons. The zero-order chi connectivity index (χ0) is 15.2. The Balaban J connectivity index is 1.78. The third-order valence-corrected chi connectivity index (χ3v) is 4.15. The molecule has 0 aliphatic carbocycles. The van der Waals surface area contributed by atoms with Crippen molar-refractivity contribution in [3.63, 3.8) is 0 Å². The van der Waals surface area contributed by atoms with Gasteiger partial charge in [0.05, 0.1) is 4.88 Å². The molecule has 0 spiro atoms. The molecule has 1 aromatic carbocycles. The van der Waals surface area contributed by atoms with Crippen molar-refractivity contribution in [1.82, 2.24) is 5.32 Å². The van der Waals surface area contributed by atoms with Crippen molar-refractivity contribution in [2.24, 2.45) is 0 Å². The van der Waals surface area contributed by atoms with Gasteiger partial charge in [-0.05, 0) is 23.6 Å². The molecule has 1 amide bonds. The number of carbonyl (C=O) groups excluding carboxylic acids is 2. The minimum Gasteiger partial charge on any atom is -0.459 e. The maximum absolute atomic E-state index is 12.9. The van der Waals surface area contributed by atoms with Gasteiger partial charge >= 0.3 is 5.97 Å². The van der Waals surface area contributed by atoms with Crippen molar-refractivity contribution in [3.05, 3.63) is 56.4 Å². The molecule has 0 aliphatic heterocycles. The van der Waals surface area contributed by atoms with E-state index in [1.165, 1.54) is 29.5 Å². The van der Waals surface area contributed by atoms with Crippen molar-refractivity contribution in [2.45, 2.75) is 6.61 Å². The molecular weight excluding hydrogens is 361 g/mol. The first-order chi connectivity index (χ1) is 10.1. The summed E-state index contributed by atoms with van der Waals surface area (Å²) in [6.07, 6.45) is 0. The van der Waals surface area contributed by atoms with E-state index in [1.807, 2.05) is 0 Å². The van der Waals surface area contributed by atoms with Crippen LogP contribution in [0.15, 0.2) is 40.2 Å². The molecule has 2 rings (SSSR count). The molecule has 0 saturated carbocycles. The molecule has 1 N–H and O–H groups in total. The van der Waals surface area contributed by atoms with Crippen LogP contribution in [0.25, 0.3) is 0 Å². The minimum absolute atomic E-state index is 0.00850. The smallest absolute Gasteiger partial charge is 0.325 e. The van der Waals surface area contributed by atoms with Gasteiger partial charge in [0.1, 0.15) is 19.0 Å². The molecule has 0 aliphatic rings. The van der Waals surface area contributed by atoms with Crippen LogP contribution < -0.4 is 5.32 Å². The summed E-state index contributed by atoms with van der Waals surface area (Å²) in [5.74, 6) is -1.25. The Labute approximate surface area is 133 Å². The highest BCUT2D eigenvalue weighted by atomic mass is 79.9. The largest absolute Gasteiger partial charge is 0.459 e. The Bertz CT molecular complexity index is 646. The summed E-state index contributed by atoms with van der Waals surface area (Å²) in [6, 6.07) is 7.52. The van der Waals surface area contributed by atoms with Crippen LogP contribution in [-0.4, -0.2) is 18.4 Å². The Kier molecular flexibility index (Phi) is 5.46. The predicted octanol–water partition coefficient (Wildman–Crippen LogP) is 3.12. The Morgan fingerprint density at radius 1 is 1.33 bits per heavy atom. The van der Waals surface area contributed by atoms with Gasteiger partial charge in [0.15, 0.2) is 0 Å². The summed E-state index contributed by atoms with van der Waals surface area (Å²) in [5.41, 5.74) is 0.648. The number of halogens is 2. The number of carbonyl (C=O) groups is 2. The molecule has 0 unspecified atom stereocenters. The molecule has 7 heteroatoms. The van der Waals surface area contributed by atoms with E-state index in [0.717, 1.165) is 0 Å². The molecule has 0 saturated heterocycles. The third-order valence-electron chi connectivity index (χ3n) is 2.54. The zero-order valence-corrected chi connectivity index (χ0v) is 13.2. The van der Waals surface area contributed by atoms with Crippen molar-refractivity contribution < 1.29 is 18.7 Å². The molecule has 1 heterocycles. The van der Waals surface area contributed by atoms with Crippen LogP contribution >= 0.6 is 27.3 Å². The molecule has 1 aromatic heterocycles. The molecule has 2 aromatic rings. The molecule has 4 nitrogen and oxygen atoms in total. The molecule has 0 radical (unpaired) electrons. The average molecular weight is 372 g/mol. The van der Waals surface area contributed by atoms with Crippen molar-refractivity contribution in [2.75, 3.05) is 6.54 Å². The Hall–Kier alpha value is -1.73. The van der Waals surface area contributed by atoms with Gasteiger partial charge in [-0.25, -0.2) is 4.39 Å². The number of benzene rings is 1. The zero-order valence-electron chi connectivity index (χ0n) is 10.8. The first-order valence-corrected chi connectivity index (χ1v) is 7.65. The quantitative estimate of drug-likeness (QED) is 0.821. The third kappa shape index (κ3) is 4.64. The lowest BCUT2D eigenvalue weighted by atomic mass is 10.2. The summed E-state index contributed by atoms with van der Waals surface area (Å²) < 4.78 is 18.4. The van der Waals surface area contributed by atoms with Crippen LogP contribution in [0.3, 0.4) is 0 Å². The minimum atomic E-state index is -0.559. The van der Waals surface area contributed by atoms with E-state index in [2.05, 4.69) is 21.2 Å². The predicted molar refractivity (Wildman–Crippen MR) is 80.5 cm³/mol. The molecule has 0 bridgehead atoms. The highest BCUT2D eigenvalue weighted by Crippen LogP contribution is 2.18. The maximum Gasteiger partial charge on any atom is 0.325 e. The number of esters is 1. The van der Waals surface area contributed by atoms with E-state index in [-0.39, 0.29) is 24.9 Å². The number of rotatable bonds is 5. The second kappa shape index (κ2) is 7.33. The number of ether oxygens (including phenoxy) is 1. The monoisotopic (exact) mass is 371 g/mol. The van der Waals surface area contributed by atoms with E-state index in [0.29, 0.717) is 14.9 Å². The lowest BCUT2D eigenvalue weighted by molar-refractivity contribution is -0.143. The van der Waals surface area contributed by atoms with Gasteiger partial charge in [-0.3, -0.25) is 9.59 Å². The first kappa shape index (κ1) is 15.7. The van der Waals surface area contributed by atoms with Gasteiger partial charge in [-0.1, -0.05) is 28.1 Å². The number of hydrogen-bond donors (Lipinski definition) is 1. The summed E-state index contributed by atoms with van der Waals surface area (Å²) in [6.45, 7) is -0.204. The fraction of sp³-hybridized carbons (Fsp3) is 0.143. The van der Waals surface area contributed by atoms with Crippen molar-refractivity contribution in [1.29, 1.82) is 0 Å². The average Bonchev–Trinajstić information content (AvgIpc) is 2.98. The lowest BCUT2D eigenvalue weighted by Gasteiger charge is -2.07. The number of thiophene rings is 1. The maximum atomic E-state index is 12.9. The fourth-order valence-corrected chi connectivity index (χ4v) is 2.60. The Morgan fingerprint density at radius 2 is 2.14 bits per heavy atom. The van der Waals surface area contributed by atoms with Crippen LogP contribution in [0.5, 0.6) is 0 Å². The van der Waals surface area contributed by atoms with Crippen LogP contribution in [0.1, 0.15) is 15.2 Å². The highest BCUT2D eigenvalue weighted by molar-refractivity contribution is 9.10. The topological polar surface area (TPSA) is 55.4 Å². The van der Waals surface area contributed by atoms with E-state index < -0.39 is 5.97 Å². The molecular formula is C14H11BrFNO3S. The second-order valence-corrected chi connectivity index (χ2v) is 5.86.